The lowest BCUT2D eigenvalue weighted by atomic mass is 9.94. The molecular weight excluding hydrogens is 649 g/mol. The minimum absolute atomic E-state index is 0.0207. The number of hydrogen-bond donors (Lipinski definition) is 0. The Balaban J connectivity index is 4.91. The van der Waals surface area contributed by atoms with Gasteiger partial charge in [0.05, 0.1) is 21.2 Å². The first-order chi connectivity index (χ1) is 22.6. The fraction of sp³-hybridized carbons (Fsp3) is 0.921. The van der Waals surface area contributed by atoms with Crippen molar-refractivity contribution in [1.29, 1.82) is 0 Å². The first-order valence-corrected chi connectivity index (χ1v) is 22.1. The van der Waals surface area contributed by atoms with Crippen LogP contribution in [0.2, 0.25) is 0 Å². The van der Waals surface area contributed by atoms with Gasteiger partial charge in [-0.2, -0.15) is 0 Å². The number of carbonyl (C=O) groups excluding carboxylic acids is 3. The van der Waals surface area contributed by atoms with Crippen LogP contribution in [-0.2, 0) is 28.6 Å². The van der Waals surface area contributed by atoms with E-state index in [4.69, 9.17) is 14.2 Å². The summed E-state index contributed by atoms with van der Waals surface area (Å²) in [5.74, 6) is 1.94. The van der Waals surface area contributed by atoms with Gasteiger partial charge < -0.3 is 14.2 Å². The highest BCUT2D eigenvalue weighted by molar-refractivity contribution is 8.01. The molecule has 3 atom stereocenters. The monoisotopic (exact) mass is 720 g/mol. The molecule has 0 rings (SSSR count). The molecule has 47 heavy (non-hydrogen) atoms. The lowest BCUT2D eigenvalue weighted by Crippen LogP contribution is -2.39. The van der Waals surface area contributed by atoms with Crippen molar-refractivity contribution in [1.82, 2.24) is 0 Å². The van der Waals surface area contributed by atoms with Crippen molar-refractivity contribution in [3.8, 4) is 0 Å². The minimum Gasteiger partial charge on any atom is -0.464 e. The minimum atomic E-state index is -0.835. The molecule has 0 aliphatic rings. The molecular formula is C38H72O6S3. The highest BCUT2D eigenvalue weighted by Gasteiger charge is 2.33. The second kappa shape index (κ2) is 31.4. The summed E-state index contributed by atoms with van der Waals surface area (Å²) in [6.45, 7) is 14.2. The zero-order valence-electron chi connectivity index (χ0n) is 31.4. The van der Waals surface area contributed by atoms with Gasteiger partial charge in [0, 0.05) is 0 Å². The summed E-state index contributed by atoms with van der Waals surface area (Å²) in [6.07, 6.45) is 22.0. The Labute approximate surface area is 302 Å². The van der Waals surface area contributed by atoms with Crippen molar-refractivity contribution in [2.24, 2.45) is 5.41 Å². The van der Waals surface area contributed by atoms with Gasteiger partial charge >= 0.3 is 17.9 Å². The average molecular weight is 721 g/mol. The normalized spacial score (nSPS) is 14.6. The molecule has 0 aromatic rings. The summed E-state index contributed by atoms with van der Waals surface area (Å²) in [7, 11) is 0. The van der Waals surface area contributed by atoms with E-state index in [-0.39, 0.29) is 53.5 Å². The third-order valence-corrected chi connectivity index (χ3v) is 11.9. The third kappa shape index (κ3) is 26.9. The Morgan fingerprint density at radius 2 is 0.681 bits per heavy atom. The Kier molecular flexibility index (Phi) is 31.1. The standard InChI is InChI=1S/C38H72O6S3/c1-8-11-14-17-20-23-26-45-32(4)35(39)42-29-38(7,30-43-36(40)33(5)46-27-24-21-18-15-12-9-2)31-44-37(41)34(6)47-28-25-22-19-16-13-10-3/h32-34H,8-31H2,1-7H3. The van der Waals surface area contributed by atoms with E-state index in [1.807, 2.05) is 27.7 Å². The maximum Gasteiger partial charge on any atom is 0.318 e. The van der Waals surface area contributed by atoms with E-state index < -0.39 is 5.41 Å². The van der Waals surface area contributed by atoms with Crippen molar-refractivity contribution in [3.05, 3.63) is 0 Å². The Bertz CT molecular complexity index is 683. The predicted octanol–water partition coefficient (Wildman–Crippen LogP) is 11.1. The number of unbranched alkanes of at least 4 members (excludes halogenated alkanes) is 15. The molecule has 0 saturated carbocycles. The fourth-order valence-electron chi connectivity index (χ4n) is 4.84. The zero-order valence-corrected chi connectivity index (χ0v) is 33.8. The predicted molar refractivity (Wildman–Crippen MR) is 207 cm³/mol. The molecule has 0 fully saturated rings. The molecule has 0 aromatic carbocycles. The van der Waals surface area contributed by atoms with Gasteiger partial charge in [0.1, 0.15) is 19.8 Å². The molecule has 0 saturated heterocycles. The van der Waals surface area contributed by atoms with Gasteiger partial charge in [0.25, 0.3) is 0 Å². The lowest BCUT2D eigenvalue weighted by molar-refractivity contribution is -0.159. The molecule has 278 valence electrons. The van der Waals surface area contributed by atoms with Crippen LogP contribution in [0.1, 0.15) is 164 Å². The van der Waals surface area contributed by atoms with E-state index in [0.717, 1.165) is 36.5 Å². The Hall–Kier alpha value is -0.540. The van der Waals surface area contributed by atoms with Crippen LogP contribution >= 0.6 is 35.3 Å². The van der Waals surface area contributed by atoms with Crippen LogP contribution in [0.5, 0.6) is 0 Å². The van der Waals surface area contributed by atoms with Crippen molar-refractivity contribution >= 4 is 53.2 Å². The second-order valence-corrected chi connectivity index (χ2v) is 17.8. The van der Waals surface area contributed by atoms with Crippen LogP contribution in [0, 0.1) is 5.41 Å². The average Bonchev–Trinajstić information content (AvgIpc) is 3.07. The van der Waals surface area contributed by atoms with E-state index in [9.17, 15) is 14.4 Å². The Morgan fingerprint density at radius 3 is 0.936 bits per heavy atom. The highest BCUT2D eigenvalue weighted by atomic mass is 32.2. The van der Waals surface area contributed by atoms with Crippen LogP contribution < -0.4 is 0 Å². The van der Waals surface area contributed by atoms with Crippen LogP contribution in [-0.4, -0.2) is 70.7 Å². The van der Waals surface area contributed by atoms with Gasteiger partial charge in [-0.1, -0.05) is 117 Å². The van der Waals surface area contributed by atoms with Crippen LogP contribution in [0.15, 0.2) is 0 Å². The maximum absolute atomic E-state index is 12.9. The SMILES string of the molecule is CCCCCCCCSC(C)C(=O)OCC(C)(COC(=O)C(C)SCCCCCCCC)COC(=O)C(C)SCCCCCCCC. The third-order valence-electron chi connectivity index (χ3n) is 8.28. The molecule has 6 nitrogen and oxygen atoms in total. The summed E-state index contributed by atoms with van der Waals surface area (Å²) in [4.78, 5) is 38.6. The summed E-state index contributed by atoms with van der Waals surface area (Å²) >= 11 is 4.87. The Morgan fingerprint density at radius 1 is 0.447 bits per heavy atom. The quantitative estimate of drug-likeness (QED) is 0.0374. The highest BCUT2D eigenvalue weighted by Crippen LogP contribution is 2.24. The van der Waals surface area contributed by atoms with Gasteiger partial charge in [-0.15, -0.1) is 35.3 Å². The molecule has 0 N–H and O–H groups in total. The van der Waals surface area contributed by atoms with Crippen molar-refractivity contribution in [2.75, 3.05) is 37.1 Å². The van der Waals surface area contributed by atoms with E-state index in [2.05, 4.69) is 20.8 Å². The molecule has 0 heterocycles. The molecule has 0 bridgehead atoms. The number of carbonyl (C=O) groups is 3. The number of hydrogen-bond acceptors (Lipinski definition) is 9. The van der Waals surface area contributed by atoms with Gasteiger partial charge in [-0.3, -0.25) is 14.4 Å². The zero-order chi connectivity index (χ0) is 35.2. The molecule has 0 radical (unpaired) electrons. The van der Waals surface area contributed by atoms with E-state index in [1.54, 1.807) is 35.3 Å². The molecule has 0 aliphatic carbocycles. The van der Waals surface area contributed by atoms with Crippen LogP contribution in [0.4, 0.5) is 0 Å². The number of esters is 3. The van der Waals surface area contributed by atoms with E-state index in [1.165, 1.54) is 96.3 Å². The number of rotatable bonds is 33. The molecule has 0 amide bonds. The summed E-state index contributed by atoms with van der Waals surface area (Å²) in [5, 5.41) is -0.842. The first-order valence-electron chi connectivity index (χ1n) is 18.9. The number of ether oxygens (including phenoxy) is 3. The van der Waals surface area contributed by atoms with E-state index in [0.29, 0.717) is 0 Å². The second-order valence-electron chi connectivity index (χ2n) is 13.5. The molecule has 0 aromatic heterocycles. The first kappa shape index (κ1) is 46.5. The summed E-state index contributed by atoms with van der Waals surface area (Å²) in [6, 6.07) is 0. The maximum atomic E-state index is 12.9. The number of thioether (sulfide) groups is 3. The van der Waals surface area contributed by atoms with Crippen LogP contribution in [0.3, 0.4) is 0 Å². The summed E-state index contributed by atoms with van der Waals surface area (Å²) < 4.78 is 17.3. The van der Waals surface area contributed by atoms with E-state index >= 15 is 0 Å². The van der Waals surface area contributed by atoms with Gasteiger partial charge in [0.15, 0.2) is 0 Å². The topological polar surface area (TPSA) is 78.9 Å². The summed E-state index contributed by atoms with van der Waals surface area (Å²) in [5.41, 5.74) is -0.835. The molecule has 9 heteroatoms. The molecule has 3 unspecified atom stereocenters. The van der Waals surface area contributed by atoms with Gasteiger partial charge in [0.2, 0.25) is 0 Å². The van der Waals surface area contributed by atoms with Crippen molar-refractivity contribution < 1.29 is 28.6 Å². The smallest absolute Gasteiger partial charge is 0.318 e. The van der Waals surface area contributed by atoms with Crippen molar-refractivity contribution in [3.63, 3.8) is 0 Å². The largest absolute Gasteiger partial charge is 0.464 e. The van der Waals surface area contributed by atoms with Crippen LogP contribution in [0.25, 0.3) is 0 Å². The fourth-order valence-corrected chi connectivity index (χ4v) is 7.63. The van der Waals surface area contributed by atoms with Crippen molar-refractivity contribution in [2.45, 2.75) is 180 Å². The van der Waals surface area contributed by atoms with Gasteiger partial charge in [-0.05, 0) is 64.2 Å². The van der Waals surface area contributed by atoms with Gasteiger partial charge in [-0.25, -0.2) is 0 Å². The molecule has 0 spiro atoms. The lowest BCUT2D eigenvalue weighted by Gasteiger charge is -2.29. The molecule has 0 aliphatic heterocycles.